The van der Waals surface area contributed by atoms with Crippen molar-refractivity contribution < 1.29 is 13.0 Å². The van der Waals surface area contributed by atoms with Gasteiger partial charge >= 0.3 is 0 Å². The first-order valence-electron chi connectivity index (χ1n) is 9.82. The molecule has 0 bridgehead atoms. The van der Waals surface area contributed by atoms with Gasteiger partial charge in [-0.25, -0.2) is 0 Å². The van der Waals surface area contributed by atoms with Crippen LogP contribution in [0.15, 0.2) is 71.6 Å². The third-order valence-electron chi connectivity index (χ3n) is 5.45. The fraction of sp³-hybridized carbons (Fsp3) is 0.273. The second-order valence-electron chi connectivity index (χ2n) is 7.61. The van der Waals surface area contributed by atoms with Crippen LogP contribution in [0.3, 0.4) is 0 Å². The summed E-state index contributed by atoms with van der Waals surface area (Å²) in [5.41, 5.74) is 3.01. The van der Waals surface area contributed by atoms with Gasteiger partial charge in [0.05, 0.1) is 10.6 Å². The van der Waals surface area contributed by atoms with Crippen molar-refractivity contribution in [1.29, 1.82) is 0 Å². The van der Waals surface area contributed by atoms with Crippen molar-refractivity contribution in [1.82, 2.24) is 15.5 Å². The smallest absolute Gasteiger partial charge is 0.294 e. The molecule has 0 amide bonds. The first kappa shape index (κ1) is 20.5. The fourth-order valence-corrected chi connectivity index (χ4v) is 4.09. The molecule has 2 aliphatic rings. The summed E-state index contributed by atoms with van der Waals surface area (Å²) in [5, 5.41) is 12.2. The summed E-state index contributed by atoms with van der Waals surface area (Å²) in [6.45, 7) is 5.16. The summed E-state index contributed by atoms with van der Waals surface area (Å²) < 4.78 is 29.6. The number of hydrogen-bond donors (Lipinski definition) is 2. The van der Waals surface area contributed by atoms with Crippen LogP contribution >= 0.6 is 0 Å². The maximum Gasteiger partial charge on any atom is 0.294 e. The van der Waals surface area contributed by atoms with E-state index < -0.39 is 10.1 Å². The van der Waals surface area contributed by atoms with Gasteiger partial charge in [-0.2, -0.15) is 8.42 Å². The summed E-state index contributed by atoms with van der Waals surface area (Å²) >= 11 is 0. The van der Waals surface area contributed by atoms with E-state index in [1.54, 1.807) is 12.1 Å². The molecule has 3 aromatic rings. The molecule has 2 aromatic carbocycles. The Kier molecular flexibility index (Phi) is 5.80. The van der Waals surface area contributed by atoms with Gasteiger partial charge in [0, 0.05) is 37.2 Å². The van der Waals surface area contributed by atoms with Crippen molar-refractivity contribution in [3.05, 3.63) is 72.3 Å². The van der Waals surface area contributed by atoms with Crippen molar-refractivity contribution in [2.45, 2.75) is 17.9 Å². The number of aryl methyl sites for hydroxylation is 1. The predicted molar refractivity (Wildman–Crippen MR) is 116 cm³/mol. The van der Waals surface area contributed by atoms with Crippen molar-refractivity contribution in [2.75, 3.05) is 24.5 Å². The van der Waals surface area contributed by atoms with E-state index in [1.807, 2.05) is 25.1 Å². The van der Waals surface area contributed by atoms with Crippen LogP contribution < -0.4 is 10.2 Å². The molecule has 0 aliphatic carbocycles. The molecular formula is C22H24N4O3S. The lowest BCUT2D eigenvalue weighted by Crippen LogP contribution is -2.51. The quantitative estimate of drug-likeness (QED) is 0.624. The van der Waals surface area contributed by atoms with Gasteiger partial charge in [0.2, 0.25) is 0 Å². The summed E-state index contributed by atoms with van der Waals surface area (Å²) in [5.74, 6) is 1.80. The summed E-state index contributed by atoms with van der Waals surface area (Å²) in [7, 11) is -4.02. The third-order valence-corrected chi connectivity index (χ3v) is 6.31. The highest BCUT2D eigenvalue weighted by Crippen LogP contribution is 2.27. The normalized spacial score (nSPS) is 20.0. The van der Waals surface area contributed by atoms with E-state index in [0.717, 1.165) is 48.2 Å². The Morgan fingerprint density at radius 2 is 1.70 bits per heavy atom. The number of aromatic nitrogens is 2. The maximum atomic E-state index is 10.5. The highest BCUT2D eigenvalue weighted by molar-refractivity contribution is 7.85. The zero-order chi connectivity index (χ0) is 21.1. The van der Waals surface area contributed by atoms with Gasteiger partial charge in [-0.15, -0.1) is 10.2 Å². The molecule has 2 N–H and O–H groups in total. The van der Waals surface area contributed by atoms with E-state index in [1.165, 1.54) is 12.1 Å². The van der Waals surface area contributed by atoms with E-state index in [2.05, 4.69) is 44.7 Å². The van der Waals surface area contributed by atoms with E-state index in [9.17, 15) is 8.42 Å². The molecule has 156 valence electrons. The molecule has 0 radical (unpaired) electrons. The van der Waals surface area contributed by atoms with Crippen LogP contribution in [0.25, 0.3) is 11.3 Å². The molecule has 3 heterocycles. The first-order valence-corrected chi connectivity index (χ1v) is 11.3. The lowest BCUT2D eigenvalue weighted by molar-refractivity contribution is 0.297. The first-order chi connectivity index (χ1) is 14.4. The Balaban J connectivity index is 0.000000170. The summed E-state index contributed by atoms with van der Waals surface area (Å²) in [6.07, 6.45) is 0. The molecular weight excluding hydrogens is 400 g/mol. The molecule has 1 aromatic heterocycles. The van der Waals surface area contributed by atoms with Crippen LogP contribution in [0, 0.1) is 12.8 Å². The van der Waals surface area contributed by atoms with Crippen molar-refractivity contribution in [3.63, 3.8) is 0 Å². The maximum absolute atomic E-state index is 10.5. The second-order valence-corrected chi connectivity index (χ2v) is 9.03. The Morgan fingerprint density at radius 1 is 0.967 bits per heavy atom. The molecule has 2 saturated heterocycles. The number of rotatable bonds is 3. The largest absolute Gasteiger partial charge is 0.353 e. The van der Waals surface area contributed by atoms with Crippen molar-refractivity contribution in [3.8, 4) is 11.3 Å². The highest BCUT2D eigenvalue weighted by Gasteiger charge is 2.39. The minimum atomic E-state index is -4.02. The number of anilines is 1. The van der Waals surface area contributed by atoms with E-state index in [0.29, 0.717) is 6.04 Å². The standard InChI is InChI=1S/C15H16N4.C7H8O3S/c1-2-4-11(5-3-1)13-6-7-15(18-17-13)19-9-12-8-16-14(12)10-19;1-6-2-4-7(5-3-6)11(8,9)10/h1-7,12,14,16H,8-10H2;2-5H,1H3,(H,8,9,10)/t12-,14+;/m0./s1. The van der Waals surface area contributed by atoms with E-state index in [-0.39, 0.29) is 4.90 Å². The fourth-order valence-electron chi connectivity index (χ4n) is 3.61. The molecule has 2 fully saturated rings. The summed E-state index contributed by atoms with van der Waals surface area (Å²) in [4.78, 5) is 2.26. The predicted octanol–water partition coefficient (Wildman–Crippen LogP) is 2.79. The minimum Gasteiger partial charge on any atom is -0.353 e. The monoisotopic (exact) mass is 424 g/mol. The van der Waals surface area contributed by atoms with Crippen molar-refractivity contribution >= 4 is 15.9 Å². The van der Waals surface area contributed by atoms with Crippen LogP contribution in [0.5, 0.6) is 0 Å². The highest BCUT2D eigenvalue weighted by atomic mass is 32.2. The molecule has 0 spiro atoms. The van der Waals surface area contributed by atoms with Crippen LogP contribution in [-0.2, 0) is 10.1 Å². The van der Waals surface area contributed by atoms with Gasteiger partial charge < -0.3 is 10.2 Å². The molecule has 5 rings (SSSR count). The van der Waals surface area contributed by atoms with Gasteiger partial charge in [0.25, 0.3) is 10.1 Å². The van der Waals surface area contributed by atoms with E-state index >= 15 is 0 Å². The Bertz CT molecular complexity index is 1080. The zero-order valence-electron chi connectivity index (χ0n) is 16.6. The molecule has 7 nitrogen and oxygen atoms in total. The van der Waals surface area contributed by atoms with Crippen LogP contribution in [0.2, 0.25) is 0 Å². The van der Waals surface area contributed by atoms with Gasteiger partial charge in [-0.05, 0) is 31.2 Å². The van der Waals surface area contributed by atoms with Crippen LogP contribution in [-0.4, -0.2) is 48.8 Å². The third kappa shape index (κ3) is 4.67. The molecule has 0 saturated carbocycles. The molecule has 2 aliphatic heterocycles. The van der Waals surface area contributed by atoms with Gasteiger partial charge in [-0.3, -0.25) is 4.55 Å². The number of hydrogen-bond acceptors (Lipinski definition) is 6. The molecule has 2 atom stereocenters. The molecule has 30 heavy (non-hydrogen) atoms. The number of nitrogens with one attached hydrogen (secondary N) is 1. The Hall–Kier alpha value is -2.81. The van der Waals surface area contributed by atoms with Crippen molar-refractivity contribution in [2.24, 2.45) is 5.92 Å². The number of benzene rings is 2. The van der Waals surface area contributed by atoms with Crippen LogP contribution in [0.4, 0.5) is 5.82 Å². The average Bonchev–Trinajstić information content (AvgIpc) is 3.03. The number of fused-ring (bicyclic) bond motifs is 1. The lowest BCUT2D eigenvalue weighted by atomic mass is 9.96. The van der Waals surface area contributed by atoms with Gasteiger partial charge in [0.15, 0.2) is 5.82 Å². The Morgan fingerprint density at radius 3 is 2.20 bits per heavy atom. The lowest BCUT2D eigenvalue weighted by Gasteiger charge is -2.29. The summed E-state index contributed by atoms with van der Waals surface area (Å²) in [6, 6.07) is 21.0. The van der Waals surface area contributed by atoms with Gasteiger partial charge in [0.1, 0.15) is 0 Å². The minimum absolute atomic E-state index is 0.0666. The zero-order valence-corrected chi connectivity index (χ0v) is 17.5. The second kappa shape index (κ2) is 8.51. The SMILES string of the molecule is Cc1ccc(S(=O)(=O)O)cc1.c1ccc(-c2ccc(N3C[C@@H]4CN[C@@H]4C3)nn2)cc1. The van der Waals surface area contributed by atoms with Crippen LogP contribution in [0.1, 0.15) is 5.56 Å². The van der Waals surface area contributed by atoms with Gasteiger partial charge in [-0.1, -0.05) is 48.0 Å². The average molecular weight is 425 g/mol. The molecule has 0 unspecified atom stereocenters. The topological polar surface area (TPSA) is 95.4 Å². The Labute approximate surface area is 176 Å². The molecule has 8 heteroatoms. The van der Waals surface area contributed by atoms with E-state index in [4.69, 9.17) is 4.55 Å². The number of nitrogens with zero attached hydrogens (tertiary/aromatic N) is 3.